The zero-order valence-corrected chi connectivity index (χ0v) is 8.37. The van der Waals surface area contributed by atoms with E-state index in [9.17, 15) is 0 Å². The molecule has 0 bridgehead atoms. The van der Waals surface area contributed by atoms with Gasteiger partial charge in [-0.15, -0.1) is 12.4 Å². The van der Waals surface area contributed by atoms with Gasteiger partial charge < -0.3 is 9.64 Å². The lowest BCUT2D eigenvalue weighted by molar-refractivity contribution is 0.411. The molecular weight excluding hydrogens is 173 g/mol. The van der Waals surface area contributed by atoms with Crippen LogP contribution in [0.15, 0.2) is 0 Å². The molecule has 1 aliphatic heterocycles. The third-order valence-electron chi connectivity index (χ3n) is 0.637. The van der Waals surface area contributed by atoms with Gasteiger partial charge in [-0.05, 0) is 28.1 Å². The van der Waals surface area contributed by atoms with Crippen LogP contribution in [-0.2, 0) is 4.74 Å². The molecule has 1 aliphatic rings. The number of halogens is 2. The molecule has 1 saturated heterocycles. The predicted molar refractivity (Wildman–Crippen MR) is 47.0 cm³/mol. The topological polar surface area (TPSA) is 15.8 Å². The minimum atomic E-state index is 0. The van der Waals surface area contributed by atoms with Gasteiger partial charge >= 0.3 is 0 Å². The van der Waals surface area contributed by atoms with E-state index in [-0.39, 0.29) is 18.0 Å². The molecule has 10 heavy (non-hydrogen) atoms. The van der Waals surface area contributed by atoms with Crippen molar-refractivity contribution in [3.8, 4) is 0 Å². The molecular formula is C6H15Cl2NO. The Morgan fingerprint density at radius 3 is 1.40 bits per heavy atom. The Kier molecular flexibility index (Phi) is 8.17. The number of nitrogens with zero attached hydrogens (tertiary/aromatic N) is 1. The summed E-state index contributed by atoms with van der Waals surface area (Å²) in [4.78, 5) is 2.00. The highest BCUT2D eigenvalue weighted by Crippen LogP contribution is 2.23. The van der Waals surface area contributed by atoms with Gasteiger partial charge in [-0.3, -0.25) is 0 Å². The molecule has 0 aromatic rings. The van der Waals surface area contributed by atoms with Crippen molar-refractivity contribution >= 4 is 24.0 Å². The smallest absolute Gasteiger partial charge is 0.157 e. The molecule has 4 heteroatoms. The van der Waals surface area contributed by atoms with Crippen LogP contribution in [0.1, 0.15) is 6.92 Å². The molecule has 1 heterocycles. The Hall–Kier alpha value is 0.500. The average molecular weight is 188 g/mol. The molecule has 0 aliphatic carbocycles. The van der Waals surface area contributed by atoms with Crippen molar-refractivity contribution in [2.75, 3.05) is 21.1 Å². The monoisotopic (exact) mass is 187 g/mol. The first kappa shape index (κ1) is 13.1. The van der Waals surface area contributed by atoms with Gasteiger partial charge in [-0.25, -0.2) is 0 Å². The first-order chi connectivity index (χ1) is 4.04. The SMILES string of the molecule is CC1OC1Cl.CN(C)C.Cl. The number of hydrogen-bond donors (Lipinski definition) is 0. The summed E-state index contributed by atoms with van der Waals surface area (Å²) < 4.78 is 4.68. The van der Waals surface area contributed by atoms with Gasteiger partial charge in [-0.1, -0.05) is 11.6 Å². The highest BCUT2D eigenvalue weighted by Gasteiger charge is 2.30. The van der Waals surface area contributed by atoms with Crippen LogP contribution in [0, 0.1) is 0 Å². The summed E-state index contributed by atoms with van der Waals surface area (Å²) in [5.41, 5.74) is 0.0231. The Morgan fingerprint density at radius 1 is 1.30 bits per heavy atom. The zero-order chi connectivity index (χ0) is 7.44. The molecule has 0 radical (unpaired) electrons. The van der Waals surface area contributed by atoms with E-state index in [4.69, 9.17) is 11.6 Å². The van der Waals surface area contributed by atoms with Gasteiger partial charge in [0, 0.05) is 0 Å². The van der Waals surface area contributed by atoms with Crippen LogP contribution in [-0.4, -0.2) is 37.7 Å². The van der Waals surface area contributed by atoms with Gasteiger partial charge in [0.1, 0.15) is 0 Å². The summed E-state index contributed by atoms with van der Waals surface area (Å²) in [6.45, 7) is 1.94. The van der Waals surface area contributed by atoms with E-state index in [1.54, 1.807) is 0 Å². The second-order valence-corrected chi connectivity index (χ2v) is 2.96. The Balaban J connectivity index is 0. The Bertz CT molecular complexity index is 71.4. The summed E-state index contributed by atoms with van der Waals surface area (Å²) in [7, 11) is 6.00. The summed E-state index contributed by atoms with van der Waals surface area (Å²) in [5, 5.41) is 0. The van der Waals surface area contributed by atoms with E-state index in [0.717, 1.165) is 0 Å². The summed E-state index contributed by atoms with van der Waals surface area (Å²) >= 11 is 5.31. The minimum absolute atomic E-state index is 0. The van der Waals surface area contributed by atoms with E-state index in [0.29, 0.717) is 6.10 Å². The van der Waals surface area contributed by atoms with Crippen molar-refractivity contribution in [3.63, 3.8) is 0 Å². The second-order valence-electron chi connectivity index (χ2n) is 2.53. The average Bonchev–Trinajstić information content (AvgIpc) is 2.16. The van der Waals surface area contributed by atoms with Crippen molar-refractivity contribution in [1.29, 1.82) is 0 Å². The van der Waals surface area contributed by atoms with Gasteiger partial charge in [0.25, 0.3) is 0 Å². The van der Waals surface area contributed by atoms with Crippen molar-refractivity contribution in [2.24, 2.45) is 0 Å². The fraction of sp³-hybridized carbons (Fsp3) is 1.00. The zero-order valence-electron chi connectivity index (χ0n) is 6.80. The molecule has 0 spiro atoms. The van der Waals surface area contributed by atoms with Crippen molar-refractivity contribution in [2.45, 2.75) is 18.6 Å². The van der Waals surface area contributed by atoms with Crippen LogP contribution in [0.25, 0.3) is 0 Å². The second kappa shape index (κ2) is 6.23. The van der Waals surface area contributed by atoms with Crippen LogP contribution >= 0.6 is 24.0 Å². The maximum atomic E-state index is 5.31. The number of ether oxygens (including phenoxy) is 1. The molecule has 1 fully saturated rings. The van der Waals surface area contributed by atoms with Gasteiger partial charge in [0.15, 0.2) is 5.56 Å². The summed E-state index contributed by atoms with van der Waals surface area (Å²) in [5.74, 6) is 0. The lowest BCUT2D eigenvalue weighted by Crippen LogP contribution is -1.99. The first-order valence-corrected chi connectivity index (χ1v) is 3.38. The van der Waals surface area contributed by atoms with Crippen molar-refractivity contribution in [1.82, 2.24) is 4.90 Å². The maximum absolute atomic E-state index is 5.31. The Morgan fingerprint density at radius 2 is 1.40 bits per heavy atom. The molecule has 2 nitrogen and oxygen atoms in total. The normalized spacial score (nSPS) is 28.2. The first-order valence-electron chi connectivity index (χ1n) is 2.94. The molecule has 2 unspecified atom stereocenters. The van der Waals surface area contributed by atoms with Crippen LogP contribution < -0.4 is 0 Å². The fourth-order valence-electron chi connectivity index (χ4n) is 0.160. The lowest BCUT2D eigenvalue weighted by atomic mass is 10.6. The highest BCUT2D eigenvalue weighted by atomic mass is 35.5. The van der Waals surface area contributed by atoms with Crippen LogP contribution in [0.2, 0.25) is 0 Å². The van der Waals surface area contributed by atoms with Gasteiger partial charge in [-0.2, -0.15) is 0 Å². The number of alkyl halides is 1. The summed E-state index contributed by atoms with van der Waals surface area (Å²) in [6.07, 6.45) is 0.316. The molecule has 2 atom stereocenters. The van der Waals surface area contributed by atoms with E-state index in [1.165, 1.54) is 0 Å². The quantitative estimate of drug-likeness (QED) is 0.423. The predicted octanol–water partition coefficient (Wildman–Crippen LogP) is 1.57. The largest absolute Gasteiger partial charge is 0.353 e. The van der Waals surface area contributed by atoms with Crippen molar-refractivity contribution < 1.29 is 4.74 Å². The van der Waals surface area contributed by atoms with Crippen LogP contribution in [0.4, 0.5) is 0 Å². The van der Waals surface area contributed by atoms with E-state index >= 15 is 0 Å². The van der Waals surface area contributed by atoms with Gasteiger partial charge in [0.2, 0.25) is 0 Å². The molecule has 64 valence electrons. The molecule has 0 saturated carbocycles. The maximum Gasteiger partial charge on any atom is 0.157 e. The fourth-order valence-corrected chi connectivity index (χ4v) is 0.322. The van der Waals surface area contributed by atoms with Crippen LogP contribution in [0.5, 0.6) is 0 Å². The molecule has 0 aromatic carbocycles. The third-order valence-corrected chi connectivity index (χ3v) is 1.09. The molecule has 0 N–H and O–H groups in total. The van der Waals surface area contributed by atoms with Gasteiger partial charge in [0.05, 0.1) is 6.10 Å². The third kappa shape index (κ3) is 11.3. The van der Waals surface area contributed by atoms with Crippen LogP contribution in [0.3, 0.4) is 0 Å². The van der Waals surface area contributed by atoms with Crippen molar-refractivity contribution in [3.05, 3.63) is 0 Å². The molecule has 0 aromatic heterocycles. The van der Waals surface area contributed by atoms with E-state index in [2.05, 4.69) is 4.74 Å². The number of epoxide rings is 1. The van der Waals surface area contributed by atoms with E-state index < -0.39 is 0 Å². The molecule has 1 rings (SSSR count). The minimum Gasteiger partial charge on any atom is -0.353 e. The standard InChI is InChI=1S/C3H5ClO.C3H9N.ClH/c1-2-3(4)5-2;1-4(2)3;/h2-3H,1H3;1-3H3;1H. The lowest BCUT2D eigenvalue weighted by Gasteiger charge is -1.90. The highest BCUT2D eigenvalue weighted by molar-refractivity contribution is 6.21. The number of hydrogen-bond acceptors (Lipinski definition) is 2. The summed E-state index contributed by atoms with van der Waals surface area (Å²) in [6, 6.07) is 0. The number of rotatable bonds is 0. The molecule has 0 amide bonds. The Labute approximate surface area is 73.9 Å². The van der Waals surface area contributed by atoms with E-state index in [1.807, 2.05) is 33.0 Å².